The van der Waals surface area contributed by atoms with Crippen molar-refractivity contribution in [3.8, 4) is 0 Å². The van der Waals surface area contributed by atoms with Gasteiger partial charge in [-0.3, -0.25) is 4.98 Å². The molecule has 106 valence electrons. The molecule has 0 aliphatic heterocycles. The zero-order chi connectivity index (χ0) is 14.5. The second kappa shape index (κ2) is 6.43. The third kappa shape index (κ3) is 3.74. The molecule has 0 saturated carbocycles. The van der Waals surface area contributed by atoms with Crippen molar-refractivity contribution in [1.82, 2.24) is 4.98 Å². The van der Waals surface area contributed by atoms with E-state index in [1.54, 1.807) is 12.1 Å². The van der Waals surface area contributed by atoms with Gasteiger partial charge in [0.15, 0.2) is 0 Å². The Balaban J connectivity index is 1.91. The number of pyridine rings is 1. The first-order valence-electron chi connectivity index (χ1n) is 6.32. The van der Waals surface area contributed by atoms with E-state index < -0.39 is 11.9 Å². The van der Waals surface area contributed by atoms with Gasteiger partial charge in [-0.1, -0.05) is 0 Å². The van der Waals surface area contributed by atoms with Crippen molar-refractivity contribution in [1.29, 1.82) is 0 Å². The number of nitrogens with zero attached hydrogens (tertiary/aromatic N) is 2. The van der Waals surface area contributed by atoms with E-state index in [4.69, 9.17) is 0 Å². The van der Waals surface area contributed by atoms with Crippen molar-refractivity contribution in [3.63, 3.8) is 0 Å². The fourth-order valence-corrected chi connectivity index (χ4v) is 1.87. The Hall–Kier alpha value is -2.01. The predicted molar refractivity (Wildman–Crippen MR) is 73.4 cm³/mol. The molecule has 0 aliphatic rings. The Morgan fingerprint density at radius 2 is 1.75 bits per heavy atom. The molecule has 1 aromatic heterocycles. The summed E-state index contributed by atoms with van der Waals surface area (Å²) in [7, 11) is 1.86. The summed E-state index contributed by atoms with van der Waals surface area (Å²) in [5.41, 5.74) is 1.31. The normalized spacial score (nSPS) is 12.2. The summed E-state index contributed by atoms with van der Waals surface area (Å²) in [6, 6.07) is 8.89. The second-order valence-corrected chi connectivity index (χ2v) is 4.60. The Morgan fingerprint density at radius 3 is 2.35 bits per heavy atom. The molecule has 1 atom stereocenters. The highest BCUT2D eigenvalue weighted by Gasteiger charge is 2.11. The smallest absolute Gasteiger partial charge is 0.141 e. The fourth-order valence-electron chi connectivity index (χ4n) is 1.87. The highest BCUT2D eigenvalue weighted by atomic mass is 19.1. The molecule has 5 heteroatoms. The molecule has 1 aromatic carbocycles. The van der Waals surface area contributed by atoms with Crippen LogP contribution in [0, 0.1) is 11.6 Å². The lowest BCUT2D eigenvalue weighted by Gasteiger charge is -2.21. The molecule has 1 N–H and O–H groups in total. The summed E-state index contributed by atoms with van der Waals surface area (Å²) < 4.78 is 25.6. The number of rotatable bonds is 5. The van der Waals surface area contributed by atoms with Crippen molar-refractivity contribution in [2.45, 2.75) is 12.5 Å². The fraction of sp³-hybridized carbons (Fsp3) is 0.267. The van der Waals surface area contributed by atoms with Crippen LogP contribution in [0.15, 0.2) is 42.6 Å². The average Bonchev–Trinajstić information content (AvgIpc) is 2.46. The first-order valence-corrected chi connectivity index (χ1v) is 6.32. The highest BCUT2D eigenvalue weighted by molar-refractivity contribution is 5.45. The van der Waals surface area contributed by atoms with Crippen molar-refractivity contribution < 1.29 is 13.9 Å². The van der Waals surface area contributed by atoms with Crippen LogP contribution in [-0.4, -0.2) is 23.7 Å². The van der Waals surface area contributed by atoms with E-state index in [1.165, 1.54) is 24.3 Å². The lowest BCUT2D eigenvalue weighted by molar-refractivity contribution is 0.165. The van der Waals surface area contributed by atoms with E-state index in [1.807, 2.05) is 11.9 Å². The third-order valence-electron chi connectivity index (χ3n) is 3.10. The molecule has 0 amide bonds. The van der Waals surface area contributed by atoms with Gasteiger partial charge in [0.2, 0.25) is 0 Å². The highest BCUT2D eigenvalue weighted by Crippen LogP contribution is 2.18. The van der Waals surface area contributed by atoms with Gasteiger partial charge < -0.3 is 10.0 Å². The van der Waals surface area contributed by atoms with E-state index in [-0.39, 0.29) is 5.82 Å². The van der Waals surface area contributed by atoms with Crippen LogP contribution < -0.4 is 4.90 Å². The predicted octanol–water partition coefficient (Wildman–Crippen LogP) is 2.92. The Kier molecular flexibility index (Phi) is 4.63. The number of aliphatic hydroxyl groups excluding tert-OH is 1. The lowest BCUT2D eigenvalue weighted by atomic mass is 10.1. The van der Waals surface area contributed by atoms with E-state index >= 15 is 0 Å². The summed E-state index contributed by atoms with van der Waals surface area (Å²) >= 11 is 0. The monoisotopic (exact) mass is 278 g/mol. The van der Waals surface area contributed by atoms with E-state index in [2.05, 4.69) is 4.98 Å². The molecule has 0 spiro atoms. The maximum Gasteiger partial charge on any atom is 0.141 e. The van der Waals surface area contributed by atoms with Crippen LogP contribution in [0.5, 0.6) is 0 Å². The largest absolute Gasteiger partial charge is 0.387 e. The number of hydrogen-bond donors (Lipinski definition) is 1. The summed E-state index contributed by atoms with van der Waals surface area (Å²) in [5, 5.41) is 9.98. The van der Waals surface area contributed by atoms with Crippen LogP contribution in [-0.2, 0) is 0 Å². The molecule has 0 saturated heterocycles. The minimum absolute atomic E-state index is 0.280. The summed E-state index contributed by atoms with van der Waals surface area (Å²) in [5.74, 6) is -0.706. The molecular formula is C15H16F2N2O. The van der Waals surface area contributed by atoms with Gasteiger partial charge in [-0.05, 0) is 42.8 Å². The van der Waals surface area contributed by atoms with Crippen LogP contribution in [0.1, 0.15) is 18.2 Å². The molecule has 20 heavy (non-hydrogen) atoms. The molecule has 2 rings (SSSR count). The Bertz CT molecular complexity index is 491. The maximum absolute atomic E-state index is 12.8. The van der Waals surface area contributed by atoms with Gasteiger partial charge in [-0.25, -0.2) is 8.78 Å². The molecule has 1 heterocycles. The molecular weight excluding hydrogens is 262 g/mol. The summed E-state index contributed by atoms with van der Waals surface area (Å²) in [6.45, 7) is 0.575. The molecule has 0 bridgehead atoms. The standard InChI is InChI=1S/C15H16F2N2O/c1-19(13-5-2-11(16)3-6-13)9-8-15(20)14-7-4-12(17)10-18-14/h2-7,10,15,20H,8-9H2,1H3. The van der Waals surface area contributed by atoms with Gasteiger partial charge in [0.1, 0.15) is 11.6 Å². The second-order valence-electron chi connectivity index (χ2n) is 4.60. The minimum Gasteiger partial charge on any atom is -0.387 e. The Morgan fingerprint density at radius 1 is 1.10 bits per heavy atom. The van der Waals surface area contributed by atoms with Crippen molar-refractivity contribution in [2.24, 2.45) is 0 Å². The van der Waals surface area contributed by atoms with Crippen molar-refractivity contribution >= 4 is 5.69 Å². The van der Waals surface area contributed by atoms with Crippen molar-refractivity contribution in [2.75, 3.05) is 18.5 Å². The number of benzene rings is 1. The van der Waals surface area contributed by atoms with E-state index in [0.29, 0.717) is 18.7 Å². The van der Waals surface area contributed by atoms with E-state index in [0.717, 1.165) is 11.9 Å². The molecule has 0 radical (unpaired) electrons. The molecule has 0 aliphatic carbocycles. The van der Waals surface area contributed by atoms with E-state index in [9.17, 15) is 13.9 Å². The van der Waals surface area contributed by atoms with Crippen LogP contribution in [0.3, 0.4) is 0 Å². The van der Waals surface area contributed by atoms with Crippen LogP contribution in [0.4, 0.5) is 14.5 Å². The zero-order valence-corrected chi connectivity index (χ0v) is 11.1. The van der Waals surface area contributed by atoms with Gasteiger partial charge >= 0.3 is 0 Å². The van der Waals surface area contributed by atoms with Crippen LogP contribution in [0.2, 0.25) is 0 Å². The molecule has 2 aromatic rings. The maximum atomic E-state index is 12.8. The molecule has 0 fully saturated rings. The SMILES string of the molecule is CN(CCC(O)c1ccc(F)cn1)c1ccc(F)cc1. The number of aromatic nitrogens is 1. The lowest BCUT2D eigenvalue weighted by Crippen LogP contribution is -2.20. The third-order valence-corrected chi connectivity index (χ3v) is 3.10. The van der Waals surface area contributed by atoms with Gasteiger partial charge in [0.05, 0.1) is 18.0 Å². The first kappa shape index (κ1) is 14.4. The van der Waals surface area contributed by atoms with Gasteiger partial charge in [-0.15, -0.1) is 0 Å². The minimum atomic E-state index is -0.751. The zero-order valence-electron chi connectivity index (χ0n) is 11.1. The number of halogens is 2. The number of hydrogen-bond acceptors (Lipinski definition) is 3. The van der Waals surface area contributed by atoms with Gasteiger partial charge in [0, 0.05) is 19.3 Å². The average molecular weight is 278 g/mol. The Labute approximate surface area is 116 Å². The molecule has 3 nitrogen and oxygen atoms in total. The quantitative estimate of drug-likeness (QED) is 0.913. The van der Waals surface area contributed by atoms with Crippen molar-refractivity contribution in [3.05, 3.63) is 59.9 Å². The van der Waals surface area contributed by atoms with Gasteiger partial charge in [0.25, 0.3) is 0 Å². The van der Waals surface area contributed by atoms with Crippen LogP contribution in [0.25, 0.3) is 0 Å². The summed E-state index contributed by atoms with van der Waals surface area (Å²) in [4.78, 5) is 5.76. The number of aliphatic hydroxyl groups is 1. The molecule has 1 unspecified atom stereocenters. The number of anilines is 1. The van der Waals surface area contributed by atoms with Gasteiger partial charge in [-0.2, -0.15) is 0 Å². The first-order chi connectivity index (χ1) is 9.56. The van der Waals surface area contributed by atoms with Crippen LogP contribution >= 0.6 is 0 Å². The topological polar surface area (TPSA) is 36.4 Å². The summed E-state index contributed by atoms with van der Waals surface area (Å²) in [6.07, 6.45) is 0.785.